The number of hydrogen-bond acceptors (Lipinski definition) is 0. The molecule has 0 aliphatic carbocycles. The molecule has 4 heteroatoms. The van der Waals surface area contributed by atoms with E-state index in [9.17, 15) is 8.59 Å². The lowest BCUT2D eigenvalue weighted by Crippen LogP contribution is -1.88. The first-order valence-corrected chi connectivity index (χ1v) is 6.99. The van der Waals surface area contributed by atoms with Crippen molar-refractivity contribution in [1.82, 2.24) is 4.98 Å². The van der Waals surface area contributed by atoms with Crippen LogP contribution in [0.1, 0.15) is 31.7 Å². The maximum atomic E-state index is 13.6. The van der Waals surface area contributed by atoms with Crippen molar-refractivity contribution in [2.45, 2.75) is 27.2 Å². The Morgan fingerprint density at radius 1 is 1.47 bits per heavy atom. The lowest BCUT2D eigenvalue weighted by Gasteiger charge is -2.08. The number of halogens is 2. The number of nitrogens with one attached hydrogen (secondary N) is 1. The predicted octanol–water partition coefficient (Wildman–Crippen LogP) is 5.31. The molecule has 0 bridgehead atoms. The van der Waals surface area contributed by atoms with Crippen LogP contribution in [0.5, 0.6) is 0 Å². The number of aromatic nitrogens is 1. The summed E-state index contributed by atoms with van der Waals surface area (Å²) in [6.07, 6.45) is 0.598. The summed E-state index contributed by atoms with van der Waals surface area (Å²) in [6.45, 7) is 9.12. The van der Waals surface area contributed by atoms with Crippen LogP contribution in [-0.2, 0) is 0 Å². The maximum Gasteiger partial charge on any atom is 0.154 e. The van der Waals surface area contributed by atoms with Gasteiger partial charge in [-0.3, -0.25) is 0 Å². The Kier molecular flexibility index (Phi) is 5.07. The lowest BCUT2D eigenvalue weighted by molar-refractivity contribution is 0.663. The molecule has 1 atom stereocenters. The van der Waals surface area contributed by atoms with Gasteiger partial charge in [-0.1, -0.05) is 13.5 Å². The summed E-state index contributed by atoms with van der Waals surface area (Å²) in [5, 5.41) is 0. The molecule has 1 heterocycles. The van der Waals surface area contributed by atoms with E-state index in [1.807, 2.05) is 19.1 Å². The summed E-state index contributed by atoms with van der Waals surface area (Å²) < 4.78 is 26.8. The van der Waals surface area contributed by atoms with Crippen LogP contribution < -0.4 is 0 Å². The van der Waals surface area contributed by atoms with Gasteiger partial charge in [0.05, 0.1) is 0 Å². The molecule has 0 radical (unpaired) electrons. The van der Waals surface area contributed by atoms with Crippen molar-refractivity contribution in [3.8, 4) is 0 Å². The normalized spacial score (nSPS) is 14.4. The van der Waals surface area contributed by atoms with Gasteiger partial charge in [-0.2, -0.15) is 0 Å². The van der Waals surface area contributed by atoms with Gasteiger partial charge in [0, 0.05) is 17.5 Å². The minimum atomic E-state index is -2.11. The summed E-state index contributed by atoms with van der Waals surface area (Å²) in [5.74, 6) is 0. The molecule has 0 aromatic carbocycles. The molecular weight excluding hydrogens is 239 g/mol. The van der Waals surface area contributed by atoms with Gasteiger partial charge in [-0.15, -0.1) is 0 Å². The molecule has 1 rings (SSSR count). The molecular formula is C13H18F2NP. The van der Waals surface area contributed by atoms with Crippen LogP contribution in [0.2, 0.25) is 0 Å². The second kappa shape index (κ2) is 6.11. The molecule has 0 saturated heterocycles. The standard InChI is InChI=1S/C13H18F2NP/c1-5-17(15)13(14)10(3)8-9(2)12-7-6-11(4)16-12/h6-7,16H,2,5,8H2,1,3-4H3/b13-10+. The third kappa shape index (κ3) is 3.78. The summed E-state index contributed by atoms with van der Waals surface area (Å²) in [5.41, 5.74) is 2.55. The minimum Gasteiger partial charge on any atom is -0.359 e. The topological polar surface area (TPSA) is 15.8 Å². The zero-order valence-corrected chi connectivity index (χ0v) is 11.4. The second-order valence-electron chi connectivity index (χ2n) is 4.08. The van der Waals surface area contributed by atoms with Crippen molar-refractivity contribution < 1.29 is 8.59 Å². The average molecular weight is 257 g/mol. The fraction of sp³-hybridized carbons (Fsp3) is 0.385. The highest BCUT2D eigenvalue weighted by atomic mass is 31.2. The van der Waals surface area contributed by atoms with Gasteiger partial charge in [0.15, 0.2) is 5.57 Å². The largest absolute Gasteiger partial charge is 0.359 e. The molecule has 0 saturated carbocycles. The Hall–Kier alpha value is -0.950. The van der Waals surface area contributed by atoms with Crippen LogP contribution in [0.4, 0.5) is 8.59 Å². The molecule has 1 nitrogen and oxygen atoms in total. The number of hydrogen-bond donors (Lipinski definition) is 1. The van der Waals surface area contributed by atoms with Crippen LogP contribution in [0.3, 0.4) is 0 Å². The Balaban J connectivity index is 2.75. The van der Waals surface area contributed by atoms with Gasteiger partial charge in [-0.25, -0.2) is 8.59 Å². The first-order valence-electron chi connectivity index (χ1n) is 5.58. The van der Waals surface area contributed by atoms with Crippen molar-refractivity contribution in [2.24, 2.45) is 0 Å². The van der Waals surface area contributed by atoms with Gasteiger partial charge in [0.2, 0.25) is 0 Å². The van der Waals surface area contributed by atoms with E-state index in [0.717, 1.165) is 17.0 Å². The predicted molar refractivity (Wildman–Crippen MR) is 71.6 cm³/mol. The second-order valence-corrected chi connectivity index (χ2v) is 5.83. The molecule has 0 aliphatic rings. The Bertz CT molecular complexity index is 434. The monoisotopic (exact) mass is 257 g/mol. The van der Waals surface area contributed by atoms with E-state index in [2.05, 4.69) is 11.6 Å². The summed E-state index contributed by atoms with van der Waals surface area (Å²) >= 11 is 0. The third-order valence-electron chi connectivity index (χ3n) is 2.53. The van der Waals surface area contributed by atoms with Gasteiger partial charge in [0.1, 0.15) is 8.23 Å². The van der Waals surface area contributed by atoms with Crippen LogP contribution in [0.15, 0.2) is 29.9 Å². The van der Waals surface area contributed by atoms with Crippen LogP contribution in [0.25, 0.3) is 5.57 Å². The summed E-state index contributed by atoms with van der Waals surface area (Å²) in [7, 11) is -2.11. The zero-order chi connectivity index (χ0) is 13.0. The number of aryl methyl sites for hydroxylation is 1. The smallest absolute Gasteiger partial charge is 0.154 e. The van der Waals surface area contributed by atoms with Gasteiger partial charge in [0.25, 0.3) is 0 Å². The quantitative estimate of drug-likeness (QED) is 0.687. The molecule has 0 amide bonds. The maximum absolute atomic E-state index is 13.6. The molecule has 1 N–H and O–H groups in total. The molecule has 1 aromatic rings. The Morgan fingerprint density at radius 2 is 2.12 bits per heavy atom. The van der Waals surface area contributed by atoms with Crippen LogP contribution in [-0.4, -0.2) is 11.1 Å². The van der Waals surface area contributed by atoms with E-state index in [1.165, 1.54) is 0 Å². The molecule has 0 fully saturated rings. The number of allylic oxidation sites excluding steroid dienone is 2. The van der Waals surface area contributed by atoms with Gasteiger partial charge in [-0.05, 0) is 43.5 Å². The number of H-pyrrole nitrogens is 1. The van der Waals surface area contributed by atoms with Crippen molar-refractivity contribution in [3.05, 3.63) is 41.2 Å². The molecule has 0 aliphatic heterocycles. The lowest BCUT2D eigenvalue weighted by atomic mass is 10.1. The highest BCUT2D eigenvalue weighted by molar-refractivity contribution is 7.56. The fourth-order valence-corrected chi connectivity index (χ4v) is 2.32. The molecule has 94 valence electrons. The Morgan fingerprint density at radius 3 is 2.59 bits per heavy atom. The van der Waals surface area contributed by atoms with Crippen LogP contribution in [0, 0.1) is 6.92 Å². The van der Waals surface area contributed by atoms with Gasteiger partial charge >= 0.3 is 0 Å². The van der Waals surface area contributed by atoms with E-state index >= 15 is 0 Å². The number of aromatic amines is 1. The highest BCUT2D eigenvalue weighted by Gasteiger charge is 2.15. The SMILES string of the molecule is C=C(C/C(C)=C(\F)P(F)CC)c1ccc(C)[nH]1. The van der Waals surface area contributed by atoms with Crippen molar-refractivity contribution in [2.75, 3.05) is 6.16 Å². The Labute approximate surface area is 102 Å². The first kappa shape index (κ1) is 14.1. The molecule has 0 spiro atoms. The highest BCUT2D eigenvalue weighted by Crippen LogP contribution is 2.49. The van der Waals surface area contributed by atoms with E-state index in [-0.39, 0.29) is 6.16 Å². The van der Waals surface area contributed by atoms with Gasteiger partial charge < -0.3 is 4.98 Å². The van der Waals surface area contributed by atoms with E-state index in [1.54, 1.807) is 13.8 Å². The van der Waals surface area contributed by atoms with Crippen molar-refractivity contribution in [1.29, 1.82) is 0 Å². The molecule has 17 heavy (non-hydrogen) atoms. The minimum absolute atomic E-state index is 0.229. The average Bonchev–Trinajstić information content (AvgIpc) is 2.73. The van der Waals surface area contributed by atoms with Crippen molar-refractivity contribution >= 4 is 13.8 Å². The number of rotatable bonds is 5. The summed E-state index contributed by atoms with van der Waals surface area (Å²) in [6, 6.07) is 3.84. The van der Waals surface area contributed by atoms with Crippen molar-refractivity contribution in [3.63, 3.8) is 0 Å². The summed E-state index contributed by atoms with van der Waals surface area (Å²) in [4.78, 5) is 3.13. The zero-order valence-electron chi connectivity index (χ0n) is 10.5. The fourth-order valence-electron chi connectivity index (χ4n) is 1.54. The molecule has 1 unspecified atom stereocenters. The van der Waals surface area contributed by atoms with E-state index < -0.39 is 13.8 Å². The van der Waals surface area contributed by atoms with E-state index in [4.69, 9.17) is 0 Å². The van der Waals surface area contributed by atoms with E-state index in [0.29, 0.717) is 12.0 Å². The first-order chi connectivity index (χ1) is 7.95. The molecule has 1 aromatic heterocycles. The van der Waals surface area contributed by atoms with Crippen LogP contribution >= 0.6 is 8.23 Å². The third-order valence-corrected chi connectivity index (χ3v) is 3.90.